The number of ether oxygens (including phenoxy) is 1. The molecule has 2 aromatic rings. The SMILES string of the molecule is CCCNCc1cccnc1Oc1ccccc1I. The second-order valence-electron chi connectivity index (χ2n) is 4.18. The van der Waals surface area contributed by atoms with Crippen molar-refractivity contribution in [3.05, 3.63) is 51.7 Å². The van der Waals surface area contributed by atoms with E-state index in [4.69, 9.17) is 4.74 Å². The highest BCUT2D eigenvalue weighted by molar-refractivity contribution is 14.1. The maximum absolute atomic E-state index is 5.91. The minimum absolute atomic E-state index is 0.676. The Hall–Kier alpha value is -1.14. The Balaban J connectivity index is 2.13. The average molecular weight is 368 g/mol. The van der Waals surface area contributed by atoms with Crippen molar-refractivity contribution in [2.45, 2.75) is 19.9 Å². The van der Waals surface area contributed by atoms with Gasteiger partial charge in [0.15, 0.2) is 0 Å². The van der Waals surface area contributed by atoms with Gasteiger partial charge in [0.1, 0.15) is 5.75 Å². The van der Waals surface area contributed by atoms with Crippen LogP contribution in [0.2, 0.25) is 0 Å². The predicted octanol–water partition coefficient (Wildman–Crippen LogP) is 3.98. The zero-order chi connectivity index (χ0) is 13.5. The lowest BCUT2D eigenvalue weighted by Gasteiger charge is -2.11. The molecule has 1 aromatic carbocycles. The number of para-hydroxylation sites is 1. The molecule has 1 heterocycles. The highest BCUT2D eigenvalue weighted by Crippen LogP contribution is 2.27. The summed E-state index contributed by atoms with van der Waals surface area (Å²) in [5, 5.41) is 3.37. The van der Waals surface area contributed by atoms with Crippen LogP contribution in [-0.2, 0) is 6.54 Å². The molecule has 0 aliphatic heterocycles. The number of nitrogens with one attached hydrogen (secondary N) is 1. The Morgan fingerprint density at radius 2 is 2.05 bits per heavy atom. The summed E-state index contributed by atoms with van der Waals surface area (Å²) in [7, 11) is 0. The molecule has 0 aliphatic carbocycles. The monoisotopic (exact) mass is 368 g/mol. The Morgan fingerprint density at radius 3 is 2.84 bits per heavy atom. The third-order valence-corrected chi connectivity index (χ3v) is 3.53. The third kappa shape index (κ3) is 4.18. The van der Waals surface area contributed by atoms with E-state index in [0.29, 0.717) is 5.88 Å². The molecule has 0 amide bonds. The van der Waals surface area contributed by atoms with Gasteiger partial charge >= 0.3 is 0 Å². The van der Waals surface area contributed by atoms with E-state index in [1.54, 1.807) is 6.20 Å². The maximum Gasteiger partial charge on any atom is 0.223 e. The van der Waals surface area contributed by atoms with Crippen LogP contribution in [-0.4, -0.2) is 11.5 Å². The molecule has 0 saturated carbocycles. The summed E-state index contributed by atoms with van der Waals surface area (Å²) in [5.74, 6) is 1.52. The molecular formula is C15H17IN2O. The number of nitrogens with zero attached hydrogens (tertiary/aromatic N) is 1. The molecule has 1 N–H and O–H groups in total. The highest BCUT2D eigenvalue weighted by atomic mass is 127. The summed E-state index contributed by atoms with van der Waals surface area (Å²) >= 11 is 2.27. The van der Waals surface area contributed by atoms with Gasteiger partial charge in [-0.15, -0.1) is 0 Å². The molecule has 1 aromatic heterocycles. The number of hydrogen-bond acceptors (Lipinski definition) is 3. The molecule has 0 bridgehead atoms. The van der Waals surface area contributed by atoms with Crippen LogP contribution in [0.4, 0.5) is 0 Å². The van der Waals surface area contributed by atoms with E-state index in [2.05, 4.69) is 39.8 Å². The van der Waals surface area contributed by atoms with Gasteiger partial charge in [-0.3, -0.25) is 0 Å². The van der Waals surface area contributed by atoms with Crippen molar-refractivity contribution in [3.63, 3.8) is 0 Å². The zero-order valence-electron chi connectivity index (χ0n) is 10.9. The number of halogens is 1. The highest BCUT2D eigenvalue weighted by Gasteiger charge is 2.07. The van der Waals surface area contributed by atoms with Crippen molar-refractivity contribution in [2.24, 2.45) is 0 Å². The van der Waals surface area contributed by atoms with E-state index < -0.39 is 0 Å². The van der Waals surface area contributed by atoms with Crippen molar-refractivity contribution in [2.75, 3.05) is 6.54 Å². The Kier molecular flexibility index (Phi) is 5.60. The van der Waals surface area contributed by atoms with E-state index in [1.807, 2.05) is 36.4 Å². The first-order valence-corrected chi connectivity index (χ1v) is 7.46. The molecule has 0 radical (unpaired) electrons. The Morgan fingerprint density at radius 1 is 1.21 bits per heavy atom. The van der Waals surface area contributed by atoms with E-state index in [1.165, 1.54) is 0 Å². The maximum atomic E-state index is 5.91. The minimum Gasteiger partial charge on any atom is -0.438 e. The molecule has 2 rings (SSSR count). The molecule has 0 aliphatic rings. The van der Waals surface area contributed by atoms with Gasteiger partial charge in [-0.05, 0) is 53.8 Å². The van der Waals surface area contributed by atoms with Crippen LogP contribution in [0.5, 0.6) is 11.6 Å². The van der Waals surface area contributed by atoms with Crippen molar-refractivity contribution in [3.8, 4) is 11.6 Å². The largest absolute Gasteiger partial charge is 0.438 e. The van der Waals surface area contributed by atoms with E-state index in [0.717, 1.165) is 34.4 Å². The van der Waals surface area contributed by atoms with Gasteiger partial charge < -0.3 is 10.1 Å². The van der Waals surface area contributed by atoms with Crippen molar-refractivity contribution in [1.82, 2.24) is 10.3 Å². The number of hydrogen-bond donors (Lipinski definition) is 1. The van der Waals surface area contributed by atoms with Crippen molar-refractivity contribution < 1.29 is 4.74 Å². The Labute approximate surface area is 127 Å². The molecule has 0 spiro atoms. The molecule has 0 unspecified atom stereocenters. The van der Waals surface area contributed by atoms with Crippen LogP contribution in [0.1, 0.15) is 18.9 Å². The molecule has 0 saturated heterocycles. The molecule has 19 heavy (non-hydrogen) atoms. The summed E-state index contributed by atoms with van der Waals surface area (Å²) in [6.07, 6.45) is 2.88. The van der Waals surface area contributed by atoms with E-state index in [9.17, 15) is 0 Å². The van der Waals surface area contributed by atoms with Gasteiger partial charge in [0, 0.05) is 18.3 Å². The summed E-state index contributed by atoms with van der Waals surface area (Å²) in [6.45, 7) is 3.93. The zero-order valence-corrected chi connectivity index (χ0v) is 13.1. The van der Waals surface area contributed by atoms with Gasteiger partial charge in [0.25, 0.3) is 0 Å². The van der Waals surface area contributed by atoms with Crippen molar-refractivity contribution in [1.29, 1.82) is 0 Å². The first kappa shape index (κ1) is 14.3. The molecular weight excluding hydrogens is 351 g/mol. The fourth-order valence-corrected chi connectivity index (χ4v) is 2.18. The van der Waals surface area contributed by atoms with E-state index in [-0.39, 0.29) is 0 Å². The predicted molar refractivity (Wildman–Crippen MR) is 85.5 cm³/mol. The fraction of sp³-hybridized carbons (Fsp3) is 0.267. The molecule has 100 valence electrons. The second kappa shape index (κ2) is 7.45. The van der Waals surface area contributed by atoms with Crippen LogP contribution in [0.15, 0.2) is 42.6 Å². The lowest BCUT2D eigenvalue weighted by molar-refractivity contribution is 0.450. The fourth-order valence-electron chi connectivity index (χ4n) is 1.68. The summed E-state index contributed by atoms with van der Waals surface area (Å²) in [5.41, 5.74) is 1.08. The topological polar surface area (TPSA) is 34.2 Å². The van der Waals surface area contributed by atoms with Crippen molar-refractivity contribution >= 4 is 22.6 Å². The molecule has 3 nitrogen and oxygen atoms in total. The van der Waals surface area contributed by atoms with E-state index >= 15 is 0 Å². The van der Waals surface area contributed by atoms with Gasteiger partial charge in [0.05, 0.1) is 3.57 Å². The van der Waals surface area contributed by atoms with Crippen LogP contribution in [0.25, 0.3) is 0 Å². The summed E-state index contributed by atoms with van der Waals surface area (Å²) < 4.78 is 6.99. The number of benzene rings is 1. The summed E-state index contributed by atoms with van der Waals surface area (Å²) in [6, 6.07) is 11.9. The molecule has 4 heteroatoms. The number of pyridine rings is 1. The van der Waals surface area contributed by atoms with Gasteiger partial charge in [-0.1, -0.05) is 25.1 Å². The quantitative estimate of drug-likeness (QED) is 0.619. The first-order valence-electron chi connectivity index (χ1n) is 6.38. The lowest BCUT2D eigenvalue weighted by Crippen LogP contribution is -2.14. The summed E-state index contributed by atoms with van der Waals surface area (Å²) in [4.78, 5) is 4.33. The minimum atomic E-state index is 0.676. The van der Waals surface area contributed by atoms with Crippen LogP contribution in [0.3, 0.4) is 0 Å². The van der Waals surface area contributed by atoms with Gasteiger partial charge in [0.2, 0.25) is 5.88 Å². The lowest BCUT2D eigenvalue weighted by atomic mass is 10.2. The smallest absolute Gasteiger partial charge is 0.223 e. The van der Waals surface area contributed by atoms with Crippen LogP contribution in [0, 0.1) is 3.57 Å². The normalized spacial score (nSPS) is 10.4. The van der Waals surface area contributed by atoms with Gasteiger partial charge in [-0.2, -0.15) is 0 Å². The van der Waals surface area contributed by atoms with Gasteiger partial charge in [-0.25, -0.2) is 4.98 Å². The van der Waals surface area contributed by atoms with Crippen LogP contribution < -0.4 is 10.1 Å². The number of rotatable bonds is 6. The number of aromatic nitrogens is 1. The second-order valence-corrected chi connectivity index (χ2v) is 5.34. The first-order chi connectivity index (χ1) is 9.31. The Bertz CT molecular complexity index is 531. The molecule has 0 atom stereocenters. The third-order valence-electron chi connectivity index (χ3n) is 2.64. The van der Waals surface area contributed by atoms with Crippen LogP contribution >= 0.6 is 22.6 Å². The molecule has 0 fully saturated rings. The average Bonchev–Trinajstić information content (AvgIpc) is 2.43. The standard InChI is InChI=1S/C15H17IN2O/c1-2-9-17-11-12-6-5-10-18-15(12)19-14-8-4-3-7-13(14)16/h3-8,10,17H,2,9,11H2,1H3.